The monoisotopic (exact) mass is 159 g/mol. The van der Waals surface area contributed by atoms with Crippen molar-refractivity contribution in [1.82, 2.24) is 4.90 Å². The lowest BCUT2D eigenvalue weighted by Gasteiger charge is -2.27. The highest BCUT2D eigenvalue weighted by atomic mass is 32.2. The molecule has 3 nitrogen and oxygen atoms in total. The van der Waals surface area contributed by atoms with Crippen molar-refractivity contribution in [2.24, 2.45) is 10.9 Å². The SMILES string of the molecule is CCN1CCCS/C1=N\N. The molecule has 1 saturated heterocycles. The van der Waals surface area contributed by atoms with Gasteiger partial charge in [0, 0.05) is 18.8 Å². The van der Waals surface area contributed by atoms with E-state index in [1.807, 2.05) is 0 Å². The Morgan fingerprint density at radius 1 is 1.80 bits per heavy atom. The van der Waals surface area contributed by atoms with Gasteiger partial charge in [0.25, 0.3) is 0 Å². The van der Waals surface area contributed by atoms with Gasteiger partial charge in [-0.25, -0.2) is 0 Å². The van der Waals surface area contributed by atoms with Crippen LogP contribution in [0.5, 0.6) is 0 Å². The second-order valence-electron chi connectivity index (χ2n) is 2.19. The van der Waals surface area contributed by atoms with Gasteiger partial charge >= 0.3 is 0 Å². The molecule has 2 N–H and O–H groups in total. The molecule has 0 saturated carbocycles. The van der Waals surface area contributed by atoms with Gasteiger partial charge in [-0.05, 0) is 13.3 Å². The summed E-state index contributed by atoms with van der Waals surface area (Å²) in [6.45, 7) is 4.25. The Morgan fingerprint density at radius 2 is 2.60 bits per heavy atom. The summed E-state index contributed by atoms with van der Waals surface area (Å²) in [5.41, 5.74) is 0. The molecule has 0 amide bonds. The number of rotatable bonds is 1. The van der Waals surface area contributed by atoms with Gasteiger partial charge in [-0.15, -0.1) is 0 Å². The van der Waals surface area contributed by atoms with Gasteiger partial charge < -0.3 is 10.7 Å². The third-order valence-electron chi connectivity index (χ3n) is 1.57. The second kappa shape index (κ2) is 3.71. The van der Waals surface area contributed by atoms with Gasteiger partial charge in [0.05, 0.1) is 0 Å². The highest BCUT2D eigenvalue weighted by Gasteiger charge is 2.14. The van der Waals surface area contributed by atoms with Crippen molar-refractivity contribution in [3.63, 3.8) is 0 Å². The van der Waals surface area contributed by atoms with Crippen LogP contribution < -0.4 is 5.84 Å². The molecule has 0 spiro atoms. The van der Waals surface area contributed by atoms with E-state index in [2.05, 4.69) is 16.9 Å². The Kier molecular flexibility index (Phi) is 2.86. The zero-order valence-corrected chi connectivity index (χ0v) is 7.02. The first kappa shape index (κ1) is 7.72. The molecular weight excluding hydrogens is 146 g/mol. The quantitative estimate of drug-likeness (QED) is 0.452. The van der Waals surface area contributed by atoms with Crippen LogP contribution in [0.25, 0.3) is 0 Å². The minimum atomic E-state index is 0.994. The summed E-state index contributed by atoms with van der Waals surface area (Å²) in [7, 11) is 0. The van der Waals surface area contributed by atoms with E-state index in [1.165, 1.54) is 6.42 Å². The first-order chi connectivity index (χ1) is 4.88. The van der Waals surface area contributed by atoms with E-state index < -0.39 is 0 Å². The van der Waals surface area contributed by atoms with Crippen LogP contribution in [-0.4, -0.2) is 28.9 Å². The lowest BCUT2D eigenvalue weighted by Crippen LogP contribution is -2.34. The number of nitrogens with two attached hydrogens (primary N) is 1. The number of thioether (sulfide) groups is 1. The average Bonchev–Trinajstić information content (AvgIpc) is 2.04. The van der Waals surface area contributed by atoms with E-state index in [9.17, 15) is 0 Å². The van der Waals surface area contributed by atoms with Crippen LogP contribution in [0.4, 0.5) is 0 Å². The van der Waals surface area contributed by atoms with E-state index in [1.54, 1.807) is 11.8 Å². The lowest BCUT2D eigenvalue weighted by molar-refractivity contribution is 0.442. The molecule has 1 aliphatic heterocycles. The molecule has 0 aliphatic carbocycles. The van der Waals surface area contributed by atoms with E-state index in [0.29, 0.717) is 0 Å². The Balaban J connectivity index is 2.50. The van der Waals surface area contributed by atoms with E-state index in [-0.39, 0.29) is 0 Å². The molecule has 0 aromatic carbocycles. The fourth-order valence-corrected chi connectivity index (χ4v) is 1.95. The summed E-state index contributed by atoms with van der Waals surface area (Å²) >= 11 is 1.75. The van der Waals surface area contributed by atoms with E-state index in [0.717, 1.165) is 24.0 Å². The zero-order valence-electron chi connectivity index (χ0n) is 6.21. The largest absolute Gasteiger partial charge is 0.350 e. The predicted molar refractivity (Wildman–Crippen MR) is 45.9 cm³/mol. The number of nitrogens with zero attached hydrogens (tertiary/aromatic N) is 2. The summed E-state index contributed by atoms with van der Waals surface area (Å²) in [5.74, 6) is 6.35. The summed E-state index contributed by atoms with van der Waals surface area (Å²) in [6.07, 6.45) is 1.25. The van der Waals surface area contributed by atoms with Crippen molar-refractivity contribution in [3.05, 3.63) is 0 Å². The third-order valence-corrected chi connectivity index (χ3v) is 2.68. The molecule has 0 atom stereocenters. The van der Waals surface area contributed by atoms with Gasteiger partial charge in [0.2, 0.25) is 0 Å². The summed E-state index contributed by atoms with van der Waals surface area (Å²) < 4.78 is 0. The van der Waals surface area contributed by atoms with Crippen molar-refractivity contribution in [2.75, 3.05) is 18.8 Å². The standard InChI is InChI=1S/C6H13N3S/c1-2-9-4-3-5-10-6(9)8-7/h2-5,7H2,1H3/b8-6-. The van der Waals surface area contributed by atoms with Crippen LogP contribution >= 0.6 is 11.8 Å². The summed E-state index contributed by atoms with van der Waals surface area (Å²) in [6, 6.07) is 0. The normalized spacial score (nSPS) is 23.7. The van der Waals surface area contributed by atoms with Crippen molar-refractivity contribution in [2.45, 2.75) is 13.3 Å². The topological polar surface area (TPSA) is 41.6 Å². The number of amidine groups is 1. The van der Waals surface area contributed by atoms with Gasteiger partial charge in [-0.2, -0.15) is 5.10 Å². The van der Waals surface area contributed by atoms with Gasteiger partial charge in [0.1, 0.15) is 0 Å². The first-order valence-electron chi connectivity index (χ1n) is 3.54. The molecule has 1 aliphatic rings. The van der Waals surface area contributed by atoms with Crippen LogP contribution in [0.3, 0.4) is 0 Å². The smallest absolute Gasteiger partial charge is 0.182 e. The minimum absolute atomic E-state index is 0.994. The second-order valence-corrected chi connectivity index (χ2v) is 3.26. The fraction of sp³-hybridized carbons (Fsp3) is 0.833. The molecule has 10 heavy (non-hydrogen) atoms. The highest BCUT2D eigenvalue weighted by molar-refractivity contribution is 8.13. The molecular formula is C6H13N3S. The average molecular weight is 159 g/mol. The Morgan fingerprint density at radius 3 is 3.10 bits per heavy atom. The molecule has 0 radical (unpaired) electrons. The van der Waals surface area contributed by atoms with E-state index in [4.69, 9.17) is 5.84 Å². The number of hydrogen-bond donors (Lipinski definition) is 1. The molecule has 1 heterocycles. The van der Waals surface area contributed by atoms with Crippen molar-refractivity contribution >= 4 is 16.9 Å². The first-order valence-corrected chi connectivity index (χ1v) is 4.52. The van der Waals surface area contributed by atoms with Gasteiger partial charge in [-0.3, -0.25) is 0 Å². The molecule has 1 fully saturated rings. The van der Waals surface area contributed by atoms with Crippen LogP contribution in [0.15, 0.2) is 5.10 Å². The third kappa shape index (κ3) is 1.56. The highest BCUT2D eigenvalue weighted by Crippen LogP contribution is 2.15. The maximum Gasteiger partial charge on any atom is 0.182 e. The molecule has 0 aromatic rings. The van der Waals surface area contributed by atoms with Crippen LogP contribution in [0.1, 0.15) is 13.3 Å². The summed E-state index contributed by atoms with van der Waals surface area (Å²) in [4.78, 5) is 2.20. The number of hydrogen-bond acceptors (Lipinski definition) is 3. The summed E-state index contributed by atoms with van der Waals surface area (Å²) in [5, 5.41) is 4.70. The van der Waals surface area contributed by atoms with Crippen molar-refractivity contribution in [3.8, 4) is 0 Å². The molecule has 1 rings (SSSR count). The van der Waals surface area contributed by atoms with Crippen LogP contribution in [0.2, 0.25) is 0 Å². The Bertz CT molecular complexity index is 135. The van der Waals surface area contributed by atoms with Gasteiger partial charge in [0.15, 0.2) is 5.17 Å². The van der Waals surface area contributed by atoms with Crippen LogP contribution in [-0.2, 0) is 0 Å². The molecule has 0 unspecified atom stereocenters. The molecule has 0 bridgehead atoms. The number of hydrazone groups is 1. The van der Waals surface area contributed by atoms with Crippen molar-refractivity contribution in [1.29, 1.82) is 0 Å². The molecule has 58 valence electrons. The Labute approximate surface area is 65.6 Å². The van der Waals surface area contributed by atoms with Crippen LogP contribution in [0, 0.1) is 0 Å². The minimum Gasteiger partial charge on any atom is -0.350 e. The van der Waals surface area contributed by atoms with Gasteiger partial charge in [-0.1, -0.05) is 11.8 Å². The lowest BCUT2D eigenvalue weighted by atomic mass is 10.4. The Hall–Kier alpha value is -0.380. The maximum absolute atomic E-state index is 5.19. The predicted octanol–water partition coefficient (Wildman–Crippen LogP) is 0.675. The molecule has 4 heteroatoms. The van der Waals surface area contributed by atoms with E-state index >= 15 is 0 Å². The molecule has 0 aromatic heterocycles. The zero-order chi connectivity index (χ0) is 7.40. The van der Waals surface area contributed by atoms with Crippen molar-refractivity contribution < 1.29 is 0 Å². The maximum atomic E-state index is 5.19. The fourth-order valence-electron chi connectivity index (χ4n) is 1.02.